The van der Waals surface area contributed by atoms with Gasteiger partial charge in [-0.25, -0.2) is 0 Å². The van der Waals surface area contributed by atoms with Crippen molar-refractivity contribution < 1.29 is 0 Å². The van der Waals surface area contributed by atoms with Gasteiger partial charge in [0.05, 0.1) is 5.57 Å². The Bertz CT molecular complexity index is 472. The average molecular weight is 397 g/mol. The number of nitrogens with zero attached hydrogens (tertiary/aromatic N) is 2. The number of hydrogen-bond acceptors (Lipinski definition) is 4. The van der Waals surface area contributed by atoms with Gasteiger partial charge in [-0.2, -0.15) is 0 Å². The fourth-order valence-corrected chi connectivity index (χ4v) is 4.95. The first kappa shape index (κ1) is 21.4. The lowest BCUT2D eigenvalue weighted by atomic mass is 9.94. The molecule has 0 spiro atoms. The molecule has 2 N–H and O–H groups in total. The maximum atomic E-state index is 5.87. The molecule has 0 aromatic carbocycles. The van der Waals surface area contributed by atoms with Gasteiger partial charge in [-0.3, -0.25) is 0 Å². The zero-order valence-corrected chi connectivity index (χ0v) is 18.6. The molecule has 148 valence electrons. The summed E-state index contributed by atoms with van der Waals surface area (Å²) in [7, 11) is 8.23. The maximum absolute atomic E-state index is 5.87. The summed E-state index contributed by atoms with van der Waals surface area (Å²) in [5.74, 6) is 1.06. The highest BCUT2D eigenvalue weighted by Gasteiger charge is 2.25. The Balaban J connectivity index is 2.20. The molecular weight excluding hydrogens is 360 g/mol. The molecule has 0 radical (unpaired) electrons. The van der Waals surface area contributed by atoms with Crippen LogP contribution in [-0.2, 0) is 0 Å². The summed E-state index contributed by atoms with van der Waals surface area (Å²) in [6, 6.07) is 0.962. The lowest BCUT2D eigenvalue weighted by Gasteiger charge is -2.32. The van der Waals surface area contributed by atoms with Crippen LogP contribution in [-0.4, -0.2) is 60.1 Å². The van der Waals surface area contributed by atoms with Gasteiger partial charge in [0.25, 0.3) is 0 Å². The summed E-state index contributed by atoms with van der Waals surface area (Å²) in [6.45, 7) is 0. The fourth-order valence-electron chi connectivity index (χ4n) is 4.16. The molecule has 0 amide bonds. The Morgan fingerprint density at radius 2 is 1.00 bits per heavy atom. The first-order valence-electron chi connectivity index (χ1n) is 10.1. The van der Waals surface area contributed by atoms with Crippen molar-refractivity contribution in [3.63, 3.8) is 0 Å². The Kier molecular flexibility index (Phi) is 8.61. The maximum Gasteiger partial charge on any atom is 0.116 e. The van der Waals surface area contributed by atoms with Gasteiger partial charge in [-0.05, 0) is 25.7 Å². The average Bonchev–Trinajstić information content (AvgIpc) is 2.60. The van der Waals surface area contributed by atoms with Crippen molar-refractivity contribution in [3.05, 3.63) is 11.4 Å². The van der Waals surface area contributed by atoms with E-state index in [2.05, 4.69) is 48.6 Å². The third-order valence-corrected chi connectivity index (χ3v) is 6.05. The van der Waals surface area contributed by atoms with Crippen molar-refractivity contribution in [2.75, 3.05) is 28.2 Å². The first-order chi connectivity index (χ1) is 12.4. The van der Waals surface area contributed by atoms with Gasteiger partial charge < -0.3 is 20.4 Å². The van der Waals surface area contributed by atoms with E-state index in [0.717, 1.165) is 21.4 Å². The summed E-state index contributed by atoms with van der Waals surface area (Å²) in [5.41, 5.74) is 0.973. The zero-order valence-electron chi connectivity index (χ0n) is 16.9. The fraction of sp³-hybridized carbons (Fsp3) is 0.800. The second-order valence-corrected chi connectivity index (χ2v) is 8.92. The molecule has 0 atom stereocenters. The quantitative estimate of drug-likeness (QED) is 0.524. The zero-order chi connectivity index (χ0) is 19.1. The van der Waals surface area contributed by atoms with E-state index in [1.807, 2.05) is 0 Å². The summed E-state index contributed by atoms with van der Waals surface area (Å²) >= 11 is 11.7. The Morgan fingerprint density at radius 3 is 1.31 bits per heavy atom. The molecule has 0 unspecified atom stereocenters. The Labute approximate surface area is 170 Å². The molecule has 0 heterocycles. The minimum absolute atomic E-state index is 0.481. The molecule has 2 rings (SSSR count). The van der Waals surface area contributed by atoms with Gasteiger partial charge in [-0.15, -0.1) is 0 Å². The third kappa shape index (κ3) is 6.08. The molecule has 0 saturated heterocycles. The van der Waals surface area contributed by atoms with Crippen LogP contribution in [0.3, 0.4) is 0 Å². The molecule has 2 fully saturated rings. The SMILES string of the molecule is CN(C)C(=C(C(=S)NC1CCCCC1)C(=S)NC1CCCCC1)N(C)C. The summed E-state index contributed by atoms with van der Waals surface area (Å²) < 4.78 is 0. The Hall–Kier alpha value is -0.880. The highest BCUT2D eigenvalue weighted by atomic mass is 32.1. The van der Waals surface area contributed by atoms with Crippen molar-refractivity contribution in [2.45, 2.75) is 76.3 Å². The molecule has 2 aliphatic carbocycles. The van der Waals surface area contributed by atoms with E-state index in [-0.39, 0.29) is 0 Å². The van der Waals surface area contributed by atoms with Crippen LogP contribution in [0.1, 0.15) is 64.2 Å². The van der Waals surface area contributed by atoms with Crippen LogP contribution in [0.25, 0.3) is 0 Å². The molecule has 0 bridgehead atoms. The second-order valence-electron chi connectivity index (χ2n) is 8.10. The monoisotopic (exact) mass is 396 g/mol. The van der Waals surface area contributed by atoms with E-state index in [9.17, 15) is 0 Å². The van der Waals surface area contributed by atoms with Crippen LogP contribution in [0.5, 0.6) is 0 Å². The molecule has 26 heavy (non-hydrogen) atoms. The van der Waals surface area contributed by atoms with Crippen LogP contribution < -0.4 is 10.6 Å². The molecule has 0 aromatic heterocycles. The van der Waals surface area contributed by atoms with E-state index in [1.165, 1.54) is 64.2 Å². The summed E-state index contributed by atoms with van der Waals surface area (Å²) in [6.07, 6.45) is 12.7. The molecule has 0 aliphatic heterocycles. The lowest BCUT2D eigenvalue weighted by Crippen LogP contribution is -2.45. The summed E-state index contributed by atoms with van der Waals surface area (Å²) in [4.78, 5) is 5.81. The van der Waals surface area contributed by atoms with Gasteiger partial charge in [0.1, 0.15) is 15.8 Å². The minimum atomic E-state index is 0.481. The number of rotatable bonds is 6. The van der Waals surface area contributed by atoms with E-state index in [4.69, 9.17) is 24.4 Å². The van der Waals surface area contributed by atoms with E-state index in [0.29, 0.717) is 12.1 Å². The van der Waals surface area contributed by atoms with E-state index < -0.39 is 0 Å². The minimum Gasteiger partial charge on any atom is -0.373 e. The van der Waals surface area contributed by atoms with E-state index in [1.54, 1.807) is 0 Å². The third-order valence-electron chi connectivity index (χ3n) is 5.41. The summed E-state index contributed by atoms with van der Waals surface area (Å²) in [5, 5.41) is 7.24. The Morgan fingerprint density at radius 1 is 0.654 bits per heavy atom. The number of nitrogens with one attached hydrogen (secondary N) is 2. The molecule has 2 saturated carbocycles. The molecule has 4 nitrogen and oxygen atoms in total. The normalized spacial score (nSPS) is 18.8. The predicted octanol–water partition coefficient (Wildman–Crippen LogP) is 3.82. The lowest BCUT2D eigenvalue weighted by molar-refractivity contribution is 0.340. The van der Waals surface area contributed by atoms with Gasteiger partial charge in [-0.1, -0.05) is 63.0 Å². The number of hydrogen-bond donors (Lipinski definition) is 2. The van der Waals surface area contributed by atoms with E-state index >= 15 is 0 Å². The molecule has 0 aromatic rings. The highest BCUT2D eigenvalue weighted by molar-refractivity contribution is 7.83. The van der Waals surface area contributed by atoms with Crippen LogP contribution in [0.2, 0.25) is 0 Å². The van der Waals surface area contributed by atoms with Crippen molar-refractivity contribution >= 4 is 34.4 Å². The predicted molar refractivity (Wildman–Crippen MR) is 120 cm³/mol. The van der Waals surface area contributed by atoms with Crippen molar-refractivity contribution in [1.29, 1.82) is 0 Å². The first-order valence-corrected chi connectivity index (χ1v) is 10.9. The standard InChI is InChI=1S/C20H36N4S2/c1-23(2)20(24(3)4)17(18(25)21-15-11-7-5-8-12-15)19(26)22-16-13-9-6-10-14-16/h15-16H,5-14H2,1-4H3,(H,21,25)(H,22,26). The highest BCUT2D eigenvalue weighted by Crippen LogP contribution is 2.22. The van der Waals surface area contributed by atoms with Crippen LogP contribution >= 0.6 is 24.4 Å². The second kappa shape index (κ2) is 10.5. The molecule has 2 aliphatic rings. The smallest absolute Gasteiger partial charge is 0.116 e. The van der Waals surface area contributed by atoms with Crippen molar-refractivity contribution in [2.24, 2.45) is 0 Å². The van der Waals surface area contributed by atoms with Gasteiger partial charge in [0.15, 0.2) is 0 Å². The largest absolute Gasteiger partial charge is 0.373 e. The van der Waals surface area contributed by atoms with Crippen LogP contribution in [0, 0.1) is 0 Å². The van der Waals surface area contributed by atoms with Crippen molar-refractivity contribution in [3.8, 4) is 0 Å². The molecule has 6 heteroatoms. The van der Waals surface area contributed by atoms with Crippen LogP contribution in [0.4, 0.5) is 0 Å². The van der Waals surface area contributed by atoms with Gasteiger partial charge >= 0.3 is 0 Å². The topological polar surface area (TPSA) is 30.5 Å². The van der Waals surface area contributed by atoms with Crippen LogP contribution in [0.15, 0.2) is 11.4 Å². The van der Waals surface area contributed by atoms with Gasteiger partial charge in [0, 0.05) is 40.3 Å². The van der Waals surface area contributed by atoms with Gasteiger partial charge in [0.2, 0.25) is 0 Å². The molecular formula is C20H36N4S2. The van der Waals surface area contributed by atoms with Crippen molar-refractivity contribution in [1.82, 2.24) is 20.4 Å². The number of thiocarbonyl (C=S) groups is 2.